The first kappa shape index (κ1) is 18.9. The monoisotopic (exact) mass is 447 g/mol. The number of nitriles is 1. The largest absolute Gasteiger partial charge is 0.488 e. The van der Waals surface area contributed by atoms with Gasteiger partial charge >= 0.3 is 0 Å². The summed E-state index contributed by atoms with van der Waals surface area (Å²) in [5, 5.41) is 9.69. The lowest BCUT2D eigenvalue weighted by atomic mass is 10.1. The third kappa shape index (κ3) is 4.36. The number of imidazole rings is 1. The second-order valence-corrected chi connectivity index (χ2v) is 7.29. The van der Waals surface area contributed by atoms with Crippen molar-refractivity contribution in [3.8, 4) is 11.8 Å². The molecule has 29 heavy (non-hydrogen) atoms. The molecule has 4 nitrogen and oxygen atoms in total. The molecular formula is C23H15BrFN3O. The summed E-state index contributed by atoms with van der Waals surface area (Å²) < 4.78 is 19.9. The normalized spacial score (nSPS) is 11.4. The summed E-state index contributed by atoms with van der Waals surface area (Å²) in [5.74, 6) is 0.824. The summed E-state index contributed by atoms with van der Waals surface area (Å²) in [5.41, 5.74) is 3.64. The molecular weight excluding hydrogens is 433 g/mol. The van der Waals surface area contributed by atoms with Crippen LogP contribution in [0.2, 0.25) is 0 Å². The van der Waals surface area contributed by atoms with Gasteiger partial charge in [-0.1, -0.05) is 40.2 Å². The third-order valence-corrected chi connectivity index (χ3v) is 4.84. The van der Waals surface area contributed by atoms with Crippen molar-refractivity contribution >= 4 is 38.6 Å². The Kier molecular flexibility index (Phi) is 5.41. The average molecular weight is 448 g/mol. The van der Waals surface area contributed by atoms with Crippen molar-refractivity contribution in [2.24, 2.45) is 0 Å². The zero-order valence-electron chi connectivity index (χ0n) is 15.2. The fourth-order valence-corrected chi connectivity index (χ4v) is 3.27. The van der Waals surface area contributed by atoms with Gasteiger partial charge in [-0.05, 0) is 54.1 Å². The topological polar surface area (TPSA) is 61.7 Å². The summed E-state index contributed by atoms with van der Waals surface area (Å²) >= 11 is 3.46. The Bertz CT molecular complexity index is 1210. The SMILES string of the molecule is N#CC(=Cc1cc(Br)ccc1OCc1ccc(F)cc1)c1nc2ccccc2[nH]1. The Morgan fingerprint density at radius 2 is 1.93 bits per heavy atom. The van der Waals surface area contributed by atoms with E-state index in [1.54, 1.807) is 18.2 Å². The lowest BCUT2D eigenvalue weighted by molar-refractivity contribution is 0.305. The van der Waals surface area contributed by atoms with Crippen molar-refractivity contribution in [2.75, 3.05) is 0 Å². The Morgan fingerprint density at radius 3 is 2.69 bits per heavy atom. The second kappa shape index (κ2) is 8.29. The Hall–Kier alpha value is -3.43. The molecule has 0 atom stereocenters. The van der Waals surface area contributed by atoms with E-state index >= 15 is 0 Å². The van der Waals surface area contributed by atoms with Gasteiger partial charge in [-0.15, -0.1) is 0 Å². The maximum absolute atomic E-state index is 13.1. The number of nitrogens with one attached hydrogen (secondary N) is 1. The van der Waals surface area contributed by atoms with Gasteiger partial charge in [-0.25, -0.2) is 9.37 Å². The molecule has 0 amide bonds. The molecule has 0 saturated carbocycles. The number of H-pyrrole nitrogens is 1. The van der Waals surface area contributed by atoms with Crippen LogP contribution in [-0.2, 0) is 6.61 Å². The van der Waals surface area contributed by atoms with Gasteiger partial charge < -0.3 is 9.72 Å². The number of allylic oxidation sites excluding steroid dienone is 1. The minimum absolute atomic E-state index is 0.287. The highest BCUT2D eigenvalue weighted by Gasteiger charge is 2.10. The number of hydrogen-bond acceptors (Lipinski definition) is 3. The smallest absolute Gasteiger partial charge is 0.149 e. The van der Waals surface area contributed by atoms with Crippen LogP contribution in [0.25, 0.3) is 22.7 Å². The Balaban J connectivity index is 1.66. The fourth-order valence-electron chi connectivity index (χ4n) is 2.89. The molecule has 1 heterocycles. The number of aromatic amines is 1. The molecule has 0 radical (unpaired) electrons. The highest BCUT2D eigenvalue weighted by atomic mass is 79.9. The molecule has 142 valence electrons. The number of aromatic nitrogens is 2. The molecule has 0 spiro atoms. The first-order valence-corrected chi connectivity index (χ1v) is 9.65. The van der Waals surface area contributed by atoms with Crippen LogP contribution < -0.4 is 4.74 Å². The van der Waals surface area contributed by atoms with Gasteiger partial charge in [0.05, 0.1) is 16.6 Å². The minimum atomic E-state index is -0.287. The zero-order chi connectivity index (χ0) is 20.2. The van der Waals surface area contributed by atoms with Crippen LogP contribution in [-0.4, -0.2) is 9.97 Å². The van der Waals surface area contributed by atoms with Crippen LogP contribution in [0.15, 0.2) is 71.2 Å². The highest BCUT2D eigenvalue weighted by Crippen LogP contribution is 2.28. The van der Waals surface area contributed by atoms with E-state index in [0.29, 0.717) is 17.1 Å². The van der Waals surface area contributed by atoms with Gasteiger partial charge in [0.15, 0.2) is 0 Å². The molecule has 3 aromatic carbocycles. The molecule has 0 bridgehead atoms. The molecule has 0 aliphatic rings. The van der Waals surface area contributed by atoms with Crippen LogP contribution in [0.1, 0.15) is 17.0 Å². The molecule has 0 fully saturated rings. The second-order valence-electron chi connectivity index (χ2n) is 6.37. The van der Waals surface area contributed by atoms with Crippen molar-refractivity contribution in [3.05, 3.63) is 94.0 Å². The molecule has 1 aromatic heterocycles. The van der Waals surface area contributed by atoms with Gasteiger partial charge in [-0.2, -0.15) is 5.26 Å². The van der Waals surface area contributed by atoms with E-state index in [2.05, 4.69) is 32.0 Å². The van der Waals surface area contributed by atoms with Crippen LogP contribution in [0, 0.1) is 17.1 Å². The molecule has 0 aliphatic heterocycles. The maximum Gasteiger partial charge on any atom is 0.149 e. The predicted octanol–water partition coefficient (Wildman–Crippen LogP) is 6.11. The van der Waals surface area contributed by atoms with Crippen molar-refractivity contribution < 1.29 is 9.13 Å². The van der Waals surface area contributed by atoms with Crippen LogP contribution >= 0.6 is 15.9 Å². The number of halogens is 2. The quantitative estimate of drug-likeness (QED) is 0.375. The van der Waals surface area contributed by atoms with E-state index in [-0.39, 0.29) is 12.4 Å². The number of fused-ring (bicyclic) bond motifs is 1. The molecule has 0 aliphatic carbocycles. The number of nitrogens with zero attached hydrogens (tertiary/aromatic N) is 2. The number of hydrogen-bond donors (Lipinski definition) is 1. The summed E-state index contributed by atoms with van der Waals surface area (Å²) in [6.07, 6.45) is 1.74. The summed E-state index contributed by atoms with van der Waals surface area (Å²) in [6, 6.07) is 21.6. The molecule has 6 heteroatoms. The fraction of sp³-hybridized carbons (Fsp3) is 0.0435. The lowest BCUT2D eigenvalue weighted by Gasteiger charge is -2.10. The van der Waals surface area contributed by atoms with Crippen molar-refractivity contribution in [2.45, 2.75) is 6.61 Å². The lowest BCUT2D eigenvalue weighted by Crippen LogP contribution is -1.97. The van der Waals surface area contributed by atoms with Crippen molar-refractivity contribution in [1.82, 2.24) is 9.97 Å². The average Bonchev–Trinajstić information content (AvgIpc) is 3.16. The summed E-state index contributed by atoms with van der Waals surface area (Å²) in [7, 11) is 0. The van der Waals surface area contributed by atoms with E-state index < -0.39 is 0 Å². The van der Waals surface area contributed by atoms with Gasteiger partial charge in [-0.3, -0.25) is 0 Å². The van der Waals surface area contributed by atoms with E-state index in [1.807, 2.05) is 42.5 Å². The molecule has 4 aromatic rings. The van der Waals surface area contributed by atoms with E-state index in [9.17, 15) is 9.65 Å². The van der Waals surface area contributed by atoms with Crippen LogP contribution in [0.4, 0.5) is 4.39 Å². The number of benzene rings is 3. The van der Waals surface area contributed by atoms with E-state index in [0.717, 1.165) is 26.6 Å². The van der Waals surface area contributed by atoms with Gasteiger partial charge in [0.25, 0.3) is 0 Å². The minimum Gasteiger partial charge on any atom is -0.488 e. The summed E-state index contributed by atoms with van der Waals surface area (Å²) in [6.45, 7) is 0.287. The first-order valence-electron chi connectivity index (χ1n) is 8.86. The van der Waals surface area contributed by atoms with Gasteiger partial charge in [0.1, 0.15) is 30.1 Å². The standard InChI is InChI=1S/C23H15BrFN3O/c24-18-7-10-22(29-14-15-5-8-19(25)9-6-15)16(12-18)11-17(13-26)23-27-20-3-1-2-4-21(20)28-23/h1-12H,14H2,(H,27,28). The van der Waals surface area contributed by atoms with Gasteiger partial charge in [0.2, 0.25) is 0 Å². The number of ether oxygens (including phenoxy) is 1. The highest BCUT2D eigenvalue weighted by molar-refractivity contribution is 9.10. The van der Waals surface area contributed by atoms with E-state index in [4.69, 9.17) is 4.74 Å². The Morgan fingerprint density at radius 1 is 1.14 bits per heavy atom. The number of para-hydroxylation sites is 2. The van der Waals surface area contributed by atoms with Gasteiger partial charge in [0, 0.05) is 10.0 Å². The van der Waals surface area contributed by atoms with Crippen LogP contribution in [0.5, 0.6) is 5.75 Å². The summed E-state index contributed by atoms with van der Waals surface area (Å²) in [4.78, 5) is 7.67. The third-order valence-electron chi connectivity index (χ3n) is 4.34. The molecule has 0 unspecified atom stereocenters. The molecule has 4 rings (SSSR count). The van der Waals surface area contributed by atoms with Crippen molar-refractivity contribution in [1.29, 1.82) is 5.26 Å². The Labute approximate surface area is 175 Å². The predicted molar refractivity (Wildman–Crippen MR) is 114 cm³/mol. The zero-order valence-corrected chi connectivity index (χ0v) is 16.8. The van der Waals surface area contributed by atoms with E-state index in [1.165, 1.54) is 12.1 Å². The molecule has 1 N–H and O–H groups in total. The number of rotatable bonds is 5. The maximum atomic E-state index is 13.1. The molecule has 0 saturated heterocycles. The van der Waals surface area contributed by atoms with Crippen molar-refractivity contribution in [3.63, 3.8) is 0 Å². The van der Waals surface area contributed by atoms with Crippen LogP contribution in [0.3, 0.4) is 0 Å². The first-order chi connectivity index (χ1) is 14.1.